The van der Waals surface area contributed by atoms with Gasteiger partial charge in [0.15, 0.2) is 0 Å². The molecule has 2 aromatic heterocycles. The first-order valence-electron chi connectivity index (χ1n) is 7.30. The maximum absolute atomic E-state index is 13.2. The number of nitrogens with one attached hydrogen (secondary N) is 1. The fourth-order valence-corrected chi connectivity index (χ4v) is 3.80. The molecule has 0 bridgehead atoms. The SMILES string of the molecule is CNCc1cc(-c2ccc(F)cc2)n(S(=O)(=O)c2cccnc2)c1.Cl. The van der Waals surface area contributed by atoms with Crippen LogP contribution in [0.3, 0.4) is 0 Å². The summed E-state index contributed by atoms with van der Waals surface area (Å²) in [6.45, 7) is 0.518. The average Bonchev–Trinajstić information content (AvgIpc) is 3.01. The van der Waals surface area contributed by atoms with Crippen molar-refractivity contribution >= 4 is 22.4 Å². The summed E-state index contributed by atoms with van der Waals surface area (Å²) in [4.78, 5) is 3.98. The van der Waals surface area contributed by atoms with E-state index in [1.165, 1.54) is 34.6 Å². The minimum absolute atomic E-state index is 0. The molecule has 0 aliphatic rings. The van der Waals surface area contributed by atoms with E-state index in [1.54, 1.807) is 37.5 Å². The predicted octanol–water partition coefficient (Wildman–Crippen LogP) is 3.07. The van der Waals surface area contributed by atoms with E-state index in [0.717, 1.165) is 5.56 Å². The van der Waals surface area contributed by atoms with Crippen molar-refractivity contribution in [2.24, 2.45) is 0 Å². The molecule has 0 saturated carbocycles. The van der Waals surface area contributed by atoms with Gasteiger partial charge in [-0.3, -0.25) is 4.98 Å². The Kier molecular flexibility index (Phi) is 5.94. The van der Waals surface area contributed by atoms with E-state index in [2.05, 4.69) is 10.3 Å². The highest BCUT2D eigenvalue weighted by Gasteiger charge is 2.21. The van der Waals surface area contributed by atoms with Gasteiger partial charge in [-0.15, -0.1) is 12.4 Å². The van der Waals surface area contributed by atoms with E-state index in [0.29, 0.717) is 17.8 Å². The monoisotopic (exact) mass is 381 g/mol. The van der Waals surface area contributed by atoms with E-state index in [4.69, 9.17) is 0 Å². The molecule has 5 nitrogen and oxygen atoms in total. The summed E-state index contributed by atoms with van der Waals surface area (Å²) in [7, 11) is -2.01. The molecule has 0 aliphatic carbocycles. The lowest BCUT2D eigenvalue weighted by atomic mass is 10.1. The zero-order valence-corrected chi connectivity index (χ0v) is 15.0. The van der Waals surface area contributed by atoms with Crippen LogP contribution in [0, 0.1) is 5.82 Å². The first-order chi connectivity index (χ1) is 11.5. The molecule has 3 aromatic rings. The van der Waals surface area contributed by atoms with Gasteiger partial charge in [-0.1, -0.05) is 0 Å². The third-order valence-corrected chi connectivity index (χ3v) is 5.21. The zero-order chi connectivity index (χ0) is 17.2. The highest BCUT2D eigenvalue weighted by atomic mass is 35.5. The molecule has 8 heteroatoms. The lowest BCUT2D eigenvalue weighted by Crippen LogP contribution is -2.13. The Morgan fingerprint density at radius 3 is 2.52 bits per heavy atom. The molecule has 0 radical (unpaired) electrons. The quantitative estimate of drug-likeness (QED) is 0.737. The van der Waals surface area contributed by atoms with Crippen LogP contribution >= 0.6 is 12.4 Å². The second kappa shape index (κ2) is 7.77. The zero-order valence-electron chi connectivity index (χ0n) is 13.4. The first kappa shape index (κ1) is 19.1. The van der Waals surface area contributed by atoms with Gasteiger partial charge in [0.2, 0.25) is 0 Å². The van der Waals surface area contributed by atoms with E-state index in [1.807, 2.05) is 0 Å². The summed E-state index contributed by atoms with van der Waals surface area (Å²) in [5.41, 5.74) is 1.90. The van der Waals surface area contributed by atoms with Gasteiger partial charge in [-0.25, -0.2) is 16.8 Å². The number of aromatic nitrogens is 2. The fourth-order valence-electron chi connectivity index (χ4n) is 2.44. The largest absolute Gasteiger partial charge is 0.316 e. The molecule has 0 amide bonds. The summed E-state index contributed by atoms with van der Waals surface area (Å²) < 4.78 is 40.3. The molecule has 1 N–H and O–H groups in total. The summed E-state index contributed by atoms with van der Waals surface area (Å²) in [6.07, 6.45) is 4.39. The van der Waals surface area contributed by atoms with Gasteiger partial charge in [-0.05, 0) is 60.6 Å². The van der Waals surface area contributed by atoms with Gasteiger partial charge in [0.05, 0.1) is 5.69 Å². The van der Waals surface area contributed by atoms with E-state index in [9.17, 15) is 12.8 Å². The summed E-state index contributed by atoms with van der Waals surface area (Å²) in [6, 6.07) is 10.6. The molecule has 0 unspecified atom stereocenters. The predicted molar refractivity (Wildman–Crippen MR) is 96.7 cm³/mol. The second-order valence-corrected chi connectivity index (χ2v) is 7.08. The van der Waals surface area contributed by atoms with Crippen LogP contribution < -0.4 is 5.32 Å². The van der Waals surface area contributed by atoms with Gasteiger partial charge in [-0.2, -0.15) is 0 Å². The number of halogens is 2. The Bertz CT molecular complexity index is 942. The number of nitrogens with zero attached hydrogens (tertiary/aromatic N) is 2. The van der Waals surface area contributed by atoms with Crippen LogP contribution in [0.1, 0.15) is 5.56 Å². The molecule has 0 aliphatic heterocycles. The molecule has 132 valence electrons. The summed E-state index contributed by atoms with van der Waals surface area (Å²) in [5, 5.41) is 3.00. The molecule has 0 saturated heterocycles. The van der Waals surface area contributed by atoms with E-state index in [-0.39, 0.29) is 23.1 Å². The van der Waals surface area contributed by atoms with Gasteiger partial charge in [0, 0.05) is 25.1 Å². The molecular formula is C17H17ClFN3O2S. The van der Waals surface area contributed by atoms with Crippen LogP contribution in [-0.4, -0.2) is 24.4 Å². The summed E-state index contributed by atoms with van der Waals surface area (Å²) in [5.74, 6) is -0.373. The number of hydrogen-bond acceptors (Lipinski definition) is 4. The van der Waals surface area contributed by atoms with E-state index < -0.39 is 10.0 Å². The van der Waals surface area contributed by atoms with Crippen LogP contribution in [0.5, 0.6) is 0 Å². The summed E-state index contributed by atoms with van der Waals surface area (Å²) >= 11 is 0. The van der Waals surface area contributed by atoms with Crippen LogP contribution in [0.4, 0.5) is 4.39 Å². The number of benzene rings is 1. The molecule has 1 aromatic carbocycles. The van der Waals surface area contributed by atoms with Crippen LogP contribution in [0.25, 0.3) is 11.3 Å². The average molecular weight is 382 g/mol. The Balaban J connectivity index is 0.00000225. The van der Waals surface area contributed by atoms with Crippen molar-refractivity contribution in [3.05, 3.63) is 72.4 Å². The third kappa shape index (κ3) is 3.89. The normalized spacial score (nSPS) is 11.1. The van der Waals surface area contributed by atoms with Crippen LogP contribution in [0.2, 0.25) is 0 Å². The Morgan fingerprint density at radius 2 is 1.92 bits per heavy atom. The minimum Gasteiger partial charge on any atom is -0.316 e. The highest BCUT2D eigenvalue weighted by Crippen LogP contribution is 2.27. The standard InChI is InChI=1S/C17H16FN3O2S.ClH/c1-19-10-13-9-17(14-4-6-15(18)7-5-14)21(12-13)24(22,23)16-3-2-8-20-11-16;/h2-9,11-12,19H,10H2,1H3;1H. The number of pyridine rings is 1. The molecule has 3 rings (SSSR count). The lowest BCUT2D eigenvalue weighted by Gasteiger charge is -2.10. The van der Waals surface area contributed by atoms with Crippen molar-refractivity contribution in [1.29, 1.82) is 0 Å². The first-order valence-corrected chi connectivity index (χ1v) is 8.74. The van der Waals surface area contributed by atoms with Crippen molar-refractivity contribution in [3.63, 3.8) is 0 Å². The minimum atomic E-state index is -3.79. The fraction of sp³-hybridized carbons (Fsp3) is 0.118. The highest BCUT2D eigenvalue weighted by molar-refractivity contribution is 7.90. The Hall–Kier alpha value is -2.22. The number of hydrogen-bond donors (Lipinski definition) is 1. The molecule has 0 fully saturated rings. The van der Waals surface area contributed by atoms with Gasteiger partial charge in [0.25, 0.3) is 10.0 Å². The molecule has 25 heavy (non-hydrogen) atoms. The third-order valence-electron chi connectivity index (χ3n) is 3.55. The molecule has 0 atom stereocenters. The smallest absolute Gasteiger partial charge is 0.269 e. The van der Waals surface area contributed by atoms with Crippen LogP contribution in [-0.2, 0) is 16.6 Å². The van der Waals surface area contributed by atoms with E-state index >= 15 is 0 Å². The van der Waals surface area contributed by atoms with Crippen LogP contribution in [0.15, 0.2) is 66.0 Å². The number of rotatable bonds is 5. The Labute approximate surface area is 152 Å². The topological polar surface area (TPSA) is 64.0 Å². The maximum Gasteiger partial charge on any atom is 0.269 e. The molecule has 2 heterocycles. The molecular weight excluding hydrogens is 365 g/mol. The van der Waals surface area contributed by atoms with Crippen molar-refractivity contribution in [1.82, 2.24) is 14.3 Å². The van der Waals surface area contributed by atoms with Gasteiger partial charge in [0.1, 0.15) is 10.7 Å². The Morgan fingerprint density at radius 1 is 1.20 bits per heavy atom. The lowest BCUT2D eigenvalue weighted by molar-refractivity contribution is 0.587. The molecule has 0 spiro atoms. The van der Waals surface area contributed by atoms with Crippen molar-refractivity contribution in [2.45, 2.75) is 11.4 Å². The second-order valence-electron chi connectivity index (χ2n) is 5.26. The van der Waals surface area contributed by atoms with Crippen molar-refractivity contribution in [2.75, 3.05) is 7.05 Å². The van der Waals surface area contributed by atoms with Crippen molar-refractivity contribution < 1.29 is 12.8 Å². The van der Waals surface area contributed by atoms with Gasteiger partial charge >= 0.3 is 0 Å². The van der Waals surface area contributed by atoms with Gasteiger partial charge < -0.3 is 5.32 Å². The van der Waals surface area contributed by atoms with Crippen molar-refractivity contribution in [3.8, 4) is 11.3 Å². The maximum atomic E-state index is 13.2.